The van der Waals surface area contributed by atoms with Gasteiger partial charge in [-0.1, -0.05) is 23.7 Å². The lowest BCUT2D eigenvalue weighted by molar-refractivity contribution is -0.155. The normalized spacial score (nSPS) is 26.5. The lowest BCUT2D eigenvalue weighted by atomic mass is 9.85. The van der Waals surface area contributed by atoms with E-state index in [9.17, 15) is 9.59 Å². The monoisotopic (exact) mass is 280 g/mol. The summed E-state index contributed by atoms with van der Waals surface area (Å²) in [4.78, 5) is 24.1. The lowest BCUT2D eigenvalue weighted by Crippen LogP contribution is -2.35. The van der Waals surface area contributed by atoms with E-state index in [1.165, 1.54) is 7.11 Å². The van der Waals surface area contributed by atoms with Gasteiger partial charge in [0.25, 0.3) is 0 Å². The predicted octanol–water partition coefficient (Wildman–Crippen LogP) is 3.04. The highest BCUT2D eigenvalue weighted by atomic mass is 35.5. The van der Waals surface area contributed by atoms with Crippen LogP contribution in [0.3, 0.4) is 0 Å². The molecule has 1 aliphatic rings. The van der Waals surface area contributed by atoms with Crippen LogP contribution in [0.5, 0.6) is 0 Å². The summed E-state index contributed by atoms with van der Waals surface area (Å²) in [5.74, 6) is -0.532. The van der Waals surface area contributed by atoms with Crippen molar-refractivity contribution in [3.05, 3.63) is 34.9 Å². The maximum absolute atomic E-state index is 12.4. The number of carbonyl (C=O) groups is 2. The van der Waals surface area contributed by atoms with Crippen molar-refractivity contribution in [2.24, 2.45) is 11.3 Å². The third-order valence-electron chi connectivity index (χ3n) is 3.94. The molecule has 1 aromatic carbocycles. The van der Waals surface area contributed by atoms with Gasteiger partial charge in [-0.05, 0) is 43.9 Å². The third-order valence-corrected chi connectivity index (χ3v) is 4.19. The quantitative estimate of drug-likeness (QED) is 0.631. The van der Waals surface area contributed by atoms with Gasteiger partial charge in [0.15, 0.2) is 5.78 Å². The van der Waals surface area contributed by atoms with Gasteiger partial charge < -0.3 is 4.74 Å². The first kappa shape index (κ1) is 14.1. The first-order valence-electron chi connectivity index (χ1n) is 6.34. The molecule has 0 aliphatic heterocycles. The van der Waals surface area contributed by atoms with E-state index in [1.54, 1.807) is 6.92 Å². The van der Waals surface area contributed by atoms with Crippen molar-refractivity contribution >= 4 is 23.4 Å². The van der Waals surface area contributed by atoms with E-state index < -0.39 is 11.4 Å². The second-order valence-electron chi connectivity index (χ2n) is 5.25. The molecule has 0 amide bonds. The second-order valence-corrected chi connectivity index (χ2v) is 5.69. The van der Waals surface area contributed by atoms with Gasteiger partial charge in [-0.15, -0.1) is 0 Å². The number of carbonyl (C=O) groups excluding carboxylic acids is 2. The fraction of sp³-hybridized carbons (Fsp3) is 0.467. The lowest BCUT2D eigenvalue weighted by Gasteiger charge is -2.19. The molecule has 1 saturated carbocycles. The molecule has 3 nitrogen and oxygen atoms in total. The van der Waals surface area contributed by atoms with Crippen LogP contribution in [-0.4, -0.2) is 18.9 Å². The maximum Gasteiger partial charge on any atom is 0.319 e. The first-order valence-corrected chi connectivity index (χ1v) is 6.72. The minimum atomic E-state index is -0.966. The Kier molecular flexibility index (Phi) is 3.95. The van der Waals surface area contributed by atoms with Crippen LogP contribution >= 0.6 is 11.6 Å². The van der Waals surface area contributed by atoms with Crippen LogP contribution in [0.15, 0.2) is 24.3 Å². The van der Waals surface area contributed by atoms with Crippen LogP contribution in [0.4, 0.5) is 0 Å². The number of benzene rings is 1. The number of ketones is 1. The molecule has 0 spiro atoms. The van der Waals surface area contributed by atoms with Crippen molar-refractivity contribution in [2.45, 2.75) is 26.2 Å². The van der Waals surface area contributed by atoms with Gasteiger partial charge in [0.1, 0.15) is 5.41 Å². The molecule has 2 atom stereocenters. The molecule has 2 unspecified atom stereocenters. The van der Waals surface area contributed by atoms with Crippen molar-refractivity contribution in [2.75, 3.05) is 7.11 Å². The van der Waals surface area contributed by atoms with Crippen LogP contribution < -0.4 is 0 Å². The fourth-order valence-electron chi connectivity index (χ4n) is 2.70. The number of hydrogen-bond donors (Lipinski definition) is 0. The van der Waals surface area contributed by atoms with E-state index in [1.807, 2.05) is 24.3 Å². The van der Waals surface area contributed by atoms with E-state index in [0.29, 0.717) is 17.9 Å². The molecular weight excluding hydrogens is 264 g/mol. The van der Waals surface area contributed by atoms with Crippen LogP contribution in [0.25, 0.3) is 0 Å². The second kappa shape index (κ2) is 5.33. The Hall–Kier alpha value is -1.35. The molecule has 1 aliphatic carbocycles. The van der Waals surface area contributed by atoms with E-state index in [2.05, 4.69) is 0 Å². The van der Waals surface area contributed by atoms with Crippen molar-refractivity contribution in [3.8, 4) is 0 Å². The van der Waals surface area contributed by atoms with Gasteiger partial charge in [-0.2, -0.15) is 0 Å². The minimum Gasteiger partial charge on any atom is -0.468 e. The zero-order valence-electron chi connectivity index (χ0n) is 11.1. The molecular formula is C15H17ClO3. The average molecular weight is 281 g/mol. The molecule has 0 N–H and O–H groups in total. The van der Waals surface area contributed by atoms with Gasteiger partial charge >= 0.3 is 5.97 Å². The van der Waals surface area contributed by atoms with Gasteiger partial charge in [0, 0.05) is 10.9 Å². The summed E-state index contributed by atoms with van der Waals surface area (Å²) in [5.41, 5.74) is 0.100. The first-order chi connectivity index (χ1) is 8.97. The summed E-state index contributed by atoms with van der Waals surface area (Å²) < 4.78 is 4.74. The van der Waals surface area contributed by atoms with Crippen molar-refractivity contribution < 1.29 is 14.3 Å². The predicted molar refractivity (Wildman–Crippen MR) is 73.0 cm³/mol. The van der Waals surface area contributed by atoms with Gasteiger partial charge in [-0.25, -0.2) is 0 Å². The highest BCUT2D eigenvalue weighted by Gasteiger charge is 2.50. The van der Waals surface area contributed by atoms with Crippen LogP contribution in [0.2, 0.25) is 5.02 Å². The summed E-state index contributed by atoms with van der Waals surface area (Å²) in [6, 6.07) is 7.47. The van der Waals surface area contributed by atoms with Crippen LogP contribution in [0, 0.1) is 11.3 Å². The topological polar surface area (TPSA) is 43.4 Å². The largest absolute Gasteiger partial charge is 0.468 e. The maximum atomic E-state index is 12.4. The van der Waals surface area contributed by atoms with E-state index in [4.69, 9.17) is 16.3 Å². The zero-order chi connectivity index (χ0) is 14.0. The van der Waals surface area contributed by atoms with Crippen molar-refractivity contribution in [1.29, 1.82) is 0 Å². The molecule has 0 radical (unpaired) electrons. The average Bonchev–Trinajstić information content (AvgIpc) is 2.70. The van der Waals surface area contributed by atoms with Crippen LogP contribution in [-0.2, 0) is 20.7 Å². The Morgan fingerprint density at radius 3 is 2.63 bits per heavy atom. The Bertz CT molecular complexity index is 495. The zero-order valence-corrected chi connectivity index (χ0v) is 11.9. The Balaban J connectivity index is 2.10. The molecule has 2 rings (SSSR count). The van der Waals surface area contributed by atoms with Gasteiger partial charge in [-0.3, -0.25) is 9.59 Å². The summed E-state index contributed by atoms with van der Waals surface area (Å²) in [5, 5.41) is 0.681. The standard InChI is InChI=1S/C15H17ClO3/c1-15(14(18)19-2)8-7-11(13(15)17)9-10-3-5-12(16)6-4-10/h3-6,11H,7-9H2,1-2H3. The highest BCUT2D eigenvalue weighted by Crippen LogP contribution is 2.40. The summed E-state index contributed by atoms with van der Waals surface area (Å²) in [6.45, 7) is 1.68. The summed E-state index contributed by atoms with van der Waals surface area (Å²) in [6.07, 6.45) is 1.95. The molecule has 0 heterocycles. The van der Waals surface area contributed by atoms with Crippen molar-refractivity contribution in [1.82, 2.24) is 0 Å². The summed E-state index contributed by atoms with van der Waals surface area (Å²) in [7, 11) is 1.33. The number of halogens is 1. The van der Waals surface area contributed by atoms with Gasteiger partial charge in [0.2, 0.25) is 0 Å². The molecule has 102 valence electrons. The number of esters is 1. The van der Waals surface area contributed by atoms with Gasteiger partial charge in [0.05, 0.1) is 7.11 Å². The minimum absolute atomic E-state index is 0.00528. The number of Topliss-reactive ketones (excluding diaryl/α,β-unsaturated/α-hetero) is 1. The number of hydrogen-bond acceptors (Lipinski definition) is 3. The van der Waals surface area contributed by atoms with Crippen LogP contribution in [0.1, 0.15) is 25.3 Å². The SMILES string of the molecule is COC(=O)C1(C)CCC(Cc2ccc(Cl)cc2)C1=O. The molecule has 4 heteroatoms. The molecule has 0 bridgehead atoms. The Labute approximate surface area is 117 Å². The fourth-order valence-corrected chi connectivity index (χ4v) is 2.82. The molecule has 0 saturated heterocycles. The van der Waals surface area contributed by atoms with E-state index >= 15 is 0 Å². The smallest absolute Gasteiger partial charge is 0.319 e. The molecule has 1 aromatic rings. The number of methoxy groups -OCH3 is 1. The Morgan fingerprint density at radius 2 is 2.05 bits per heavy atom. The molecule has 0 aromatic heterocycles. The Morgan fingerprint density at radius 1 is 1.42 bits per heavy atom. The number of rotatable bonds is 3. The highest BCUT2D eigenvalue weighted by molar-refractivity contribution is 6.30. The van der Waals surface area contributed by atoms with E-state index in [-0.39, 0.29) is 11.7 Å². The summed E-state index contributed by atoms with van der Waals surface area (Å²) >= 11 is 5.83. The van der Waals surface area contributed by atoms with E-state index in [0.717, 1.165) is 12.0 Å². The number of ether oxygens (including phenoxy) is 1. The van der Waals surface area contributed by atoms with Crippen molar-refractivity contribution in [3.63, 3.8) is 0 Å². The third kappa shape index (κ3) is 2.66. The molecule has 1 fully saturated rings. The molecule has 19 heavy (non-hydrogen) atoms.